The molecule has 0 aromatic carbocycles. The van der Waals surface area contributed by atoms with Gasteiger partial charge in [0.1, 0.15) is 21.7 Å². The van der Waals surface area contributed by atoms with E-state index in [2.05, 4.69) is 25.3 Å². The molecule has 2 aromatic rings. The summed E-state index contributed by atoms with van der Waals surface area (Å²) in [5.74, 6) is 0.787. The maximum atomic E-state index is 11.8. The summed E-state index contributed by atoms with van der Waals surface area (Å²) in [6.45, 7) is 1.69. The summed E-state index contributed by atoms with van der Waals surface area (Å²) in [5.41, 5.74) is 0.981. The molecule has 22 heavy (non-hydrogen) atoms. The summed E-state index contributed by atoms with van der Waals surface area (Å²) < 4.78 is 28.9. The lowest BCUT2D eigenvalue weighted by Crippen LogP contribution is -2.41. The highest BCUT2D eigenvalue weighted by molar-refractivity contribution is 7.90. The minimum Gasteiger partial charge on any atom is -0.381 e. The van der Waals surface area contributed by atoms with Crippen molar-refractivity contribution in [2.75, 3.05) is 37.1 Å². The number of hydrogen-bond acceptors (Lipinski definition) is 7. The first-order valence-corrected chi connectivity index (χ1v) is 9.17. The summed E-state index contributed by atoms with van der Waals surface area (Å²) in [6.07, 6.45) is 5.71. The quantitative estimate of drug-likeness (QED) is 0.828. The zero-order chi connectivity index (χ0) is 15.6. The van der Waals surface area contributed by atoms with Gasteiger partial charge in [-0.2, -0.15) is 0 Å². The Bertz CT molecular complexity index is 752. The van der Waals surface area contributed by atoms with Gasteiger partial charge >= 0.3 is 0 Å². The molecule has 0 unspecified atom stereocenters. The standard InChI is InChI=1S/C13H19N5O3S/c1-22(19,20)7-13(2-4-21-5-3-13)6-14-11-10-12(16-8-15-10)18-9-17-11/h8-9H,2-7H2,1H3,(H2,14,15,16,17,18). The number of fused-ring (bicyclic) bond motifs is 1. The molecule has 0 saturated carbocycles. The zero-order valence-electron chi connectivity index (χ0n) is 12.4. The Morgan fingerprint density at radius 3 is 2.82 bits per heavy atom. The van der Waals surface area contributed by atoms with Gasteiger partial charge in [0.15, 0.2) is 11.5 Å². The van der Waals surface area contributed by atoms with Crippen LogP contribution < -0.4 is 5.32 Å². The lowest BCUT2D eigenvalue weighted by molar-refractivity contribution is 0.0315. The summed E-state index contributed by atoms with van der Waals surface area (Å²) in [5, 5.41) is 3.26. The topological polar surface area (TPSA) is 110 Å². The first-order chi connectivity index (χ1) is 10.5. The Kier molecular flexibility index (Phi) is 4.00. The molecule has 0 amide bonds. The van der Waals surface area contributed by atoms with E-state index in [0.717, 1.165) is 5.52 Å². The minimum absolute atomic E-state index is 0.146. The van der Waals surface area contributed by atoms with Gasteiger partial charge in [-0.05, 0) is 12.8 Å². The molecule has 9 heteroatoms. The predicted octanol–water partition coefficient (Wildman–Crippen LogP) is 0.606. The number of H-pyrrole nitrogens is 1. The number of ether oxygens (including phenoxy) is 1. The van der Waals surface area contributed by atoms with Gasteiger partial charge in [-0.3, -0.25) is 0 Å². The first-order valence-electron chi connectivity index (χ1n) is 7.11. The molecule has 1 aliphatic heterocycles. The van der Waals surface area contributed by atoms with E-state index in [1.54, 1.807) is 6.33 Å². The van der Waals surface area contributed by atoms with E-state index in [0.29, 0.717) is 44.1 Å². The number of hydrogen-bond donors (Lipinski definition) is 2. The highest BCUT2D eigenvalue weighted by Gasteiger charge is 2.36. The Morgan fingerprint density at radius 1 is 1.32 bits per heavy atom. The molecule has 0 spiro atoms. The Balaban J connectivity index is 1.80. The normalized spacial score (nSPS) is 18.4. The Hall–Kier alpha value is -1.74. The number of aromatic amines is 1. The van der Waals surface area contributed by atoms with Crippen LogP contribution in [0.5, 0.6) is 0 Å². The molecule has 1 saturated heterocycles. The molecule has 8 nitrogen and oxygen atoms in total. The molecule has 2 aromatic heterocycles. The second-order valence-electron chi connectivity index (χ2n) is 5.86. The van der Waals surface area contributed by atoms with E-state index in [-0.39, 0.29) is 11.2 Å². The number of rotatable bonds is 5. The van der Waals surface area contributed by atoms with E-state index in [9.17, 15) is 8.42 Å². The number of aromatic nitrogens is 4. The summed E-state index contributed by atoms with van der Waals surface area (Å²) in [4.78, 5) is 15.4. The lowest BCUT2D eigenvalue weighted by Gasteiger charge is -2.36. The summed E-state index contributed by atoms with van der Waals surface area (Å²) >= 11 is 0. The largest absolute Gasteiger partial charge is 0.381 e. The second kappa shape index (κ2) is 5.81. The molecule has 3 heterocycles. The highest BCUT2D eigenvalue weighted by Crippen LogP contribution is 2.32. The maximum Gasteiger partial charge on any atom is 0.182 e. The van der Waals surface area contributed by atoms with E-state index in [1.165, 1.54) is 12.6 Å². The molecule has 0 radical (unpaired) electrons. The monoisotopic (exact) mass is 325 g/mol. The maximum absolute atomic E-state index is 11.8. The fourth-order valence-corrected chi connectivity index (χ4v) is 4.41. The van der Waals surface area contributed by atoms with Crippen LogP contribution in [0, 0.1) is 5.41 Å². The average Bonchev–Trinajstić information content (AvgIpc) is 2.93. The van der Waals surface area contributed by atoms with Crippen molar-refractivity contribution >= 4 is 26.8 Å². The molecule has 0 aliphatic carbocycles. The Morgan fingerprint density at radius 2 is 2.09 bits per heavy atom. The minimum atomic E-state index is -3.07. The van der Waals surface area contributed by atoms with Crippen molar-refractivity contribution in [3.8, 4) is 0 Å². The van der Waals surface area contributed by atoms with E-state index < -0.39 is 9.84 Å². The van der Waals surface area contributed by atoms with Gasteiger partial charge < -0.3 is 15.0 Å². The van der Waals surface area contributed by atoms with Gasteiger partial charge in [-0.25, -0.2) is 23.4 Å². The van der Waals surface area contributed by atoms with Gasteiger partial charge in [-0.15, -0.1) is 0 Å². The molecule has 1 aliphatic rings. The van der Waals surface area contributed by atoms with Crippen LogP contribution in [0.1, 0.15) is 12.8 Å². The molecular formula is C13H19N5O3S. The van der Waals surface area contributed by atoms with Gasteiger partial charge in [0.05, 0.1) is 12.1 Å². The third-order valence-electron chi connectivity index (χ3n) is 3.98. The van der Waals surface area contributed by atoms with Crippen LogP contribution >= 0.6 is 0 Å². The third kappa shape index (κ3) is 3.36. The fourth-order valence-electron chi connectivity index (χ4n) is 2.90. The van der Waals surface area contributed by atoms with Crippen molar-refractivity contribution in [3.63, 3.8) is 0 Å². The third-order valence-corrected chi connectivity index (χ3v) is 5.11. The van der Waals surface area contributed by atoms with Gasteiger partial charge in [0.25, 0.3) is 0 Å². The molecule has 0 atom stereocenters. The molecule has 2 N–H and O–H groups in total. The van der Waals surface area contributed by atoms with Crippen LogP contribution in [0.3, 0.4) is 0 Å². The summed E-state index contributed by atoms with van der Waals surface area (Å²) in [6, 6.07) is 0. The molecule has 0 bridgehead atoms. The molecule has 1 fully saturated rings. The highest BCUT2D eigenvalue weighted by atomic mass is 32.2. The van der Waals surface area contributed by atoms with Crippen LogP contribution in [0.25, 0.3) is 11.2 Å². The van der Waals surface area contributed by atoms with Crippen LogP contribution in [0.4, 0.5) is 5.82 Å². The lowest BCUT2D eigenvalue weighted by atomic mass is 9.82. The van der Waals surface area contributed by atoms with Gasteiger partial charge in [0.2, 0.25) is 0 Å². The predicted molar refractivity (Wildman–Crippen MR) is 82.4 cm³/mol. The second-order valence-corrected chi connectivity index (χ2v) is 8.00. The smallest absolute Gasteiger partial charge is 0.182 e. The van der Waals surface area contributed by atoms with Crippen molar-refractivity contribution < 1.29 is 13.2 Å². The molecular weight excluding hydrogens is 306 g/mol. The summed E-state index contributed by atoms with van der Waals surface area (Å²) in [7, 11) is -3.07. The van der Waals surface area contributed by atoms with Crippen molar-refractivity contribution in [2.24, 2.45) is 5.41 Å². The number of nitrogens with zero attached hydrogens (tertiary/aromatic N) is 3. The van der Waals surface area contributed by atoms with Crippen molar-refractivity contribution in [1.29, 1.82) is 0 Å². The van der Waals surface area contributed by atoms with Crippen LogP contribution in [-0.2, 0) is 14.6 Å². The number of anilines is 1. The first kappa shape index (κ1) is 15.2. The van der Waals surface area contributed by atoms with Gasteiger partial charge in [0, 0.05) is 31.4 Å². The Labute approximate surface area is 128 Å². The van der Waals surface area contributed by atoms with E-state index in [1.807, 2.05) is 0 Å². The van der Waals surface area contributed by atoms with Crippen molar-refractivity contribution in [2.45, 2.75) is 12.8 Å². The fraction of sp³-hybridized carbons (Fsp3) is 0.615. The van der Waals surface area contributed by atoms with Crippen LogP contribution in [0.15, 0.2) is 12.7 Å². The molecule has 120 valence electrons. The van der Waals surface area contributed by atoms with Crippen molar-refractivity contribution in [1.82, 2.24) is 19.9 Å². The zero-order valence-corrected chi connectivity index (χ0v) is 13.2. The SMILES string of the molecule is CS(=O)(=O)CC1(CNc2ncnc3nc[nH]c23)CCOCC1. The average molecular weight is 325 g/mol. The van der Waals surface area contributed by atoms with Crippen molar-refractivity contribution in [3.05, 3.63) is 12.7 Å². The van der Waals surface area contributed by atoms with Gasteiger partial charge in [-0.1, -0.05) is 0 Å². The van der Waals surface area contributed by atoms with Crippen LogP contribution in [-0.4, -0.2) is 60.1 Å². The number of sulfone groups is 1. The number of imidazole rings is 1. The van der Waals surface area contributed by atoms with Crippen LogP contribution in [0.2, 0.25) is 0 Å². The van der Waals surface area contributed by atoms with E-state index in [4.69, 9.17) is 4.74 Å². The van der Waals surface area contributed by atoms with E-state index >= 15 is 0 Å². The molecule has 3 rings (SSSR count). The number of nitrogens with one attached hydrogen (secondary N) is 2.